The van der Waals surface area contributed by atoms with Crippen LogP contribution in [0.25, 0.3) is 11.8 Å². The number of rotatable bonds is 7. The molecular weight excluding hydrogens is 372 g/mol. The van der Waals surface area contributed by atoms with Crippen molar-refractivity contribution in [2.75, 3.05) is 0 Å². The summed E-state index contributed by atoms with van der Waals surface area (Å²) in [6.07, 6.45) is 3.34. The van der Waals surface area contributed by atoms with E-state index in [0.29, 0.717) is 5.16 Å². The number of benzene rings is 1. The van der Waals surface area contributed by atoms with E-state index in [0.717, 1.165) is 53.1 Å². The largest absolute Gasteiger partial charge is 0.544 e. The van der Waals surface area contributed by atoms with Gasteiger partial charge in [-0.15, -0.1) is 5.10 Å². The molecule has 6 nitrogen and oxygen atoms in total. The first-order valence-corrected chi connectivity index (χ1v) is 9.98. The van der Waals surface area contributed by atoms with Gasteiger partial charge in [0.15, 0.2) is 0 Å². The van der Waals surface area contributed by atoms with E-state index in [-0.39, 0.29) is 4.91 Å². The van der Waals surface area contributed by atoms with Gasteiger partial charge in [0.05, 0.1) is 5.97 Å². The van der Waals surface area contributed by atoms with Crippen LogP contribution in [0, 0.1) is 20.8 Å². The minimum absolute atomic E-state index is 0.0752. The number of nitrogens with one attached hydrogen (secondary N) is 1. The second kappa shape index (κ2) is 8.48. The van der Waals surface area contributed by atoms with Crippen molar-refractivity contribution in [2.45, 2.75) is 45.7 Å². The molecule has 28 heavy (non-hydrogen) atoms. The van der Waals surface area contributed by atoms with Crippen LogP contribution in [0.1, 0.15) is 41.7 Å². The molecule has 2 aromatic heterocycles. The number of hydrogen-bond acceptors (Lipinski definition) is 5. The smallest absolute Gasteiger partial charge is 0.213 e. The summed E-state index contributed by atoms with van der Waals surface area (Å²) in [7, 11) is 0. The zero-order valence-electron chi connectivity index (χ0n) is 16.4. The fourth-order valence-corrected chi connectivity index (χ4v) is 3.78. The first kappa shape index (κ1) is 19.9. The third-order valence-electron chi connectivity index (χ3n) is 4.45. The topological polar surface area (TPSA) is 86.6 Å². The first-order chi connectivity index (χ1) is 13.4. The molecule has 2 heterocycles. The van der Waals surface area contributed by atoms with Crippen LogP contribution in [0.2, 0.25) is 0 Å². The Balaban J connectivity index is 1.93. The average Bonchev–Trinajstić information content (AvgIpc) is 3.20. The van der Waals surface area contributed by atoms with Gasteiger partial charge in [0.25, 0.3) is 0 Å². The highest BCUT2D eigenvalue weighted by atomic mass is 32.2. The molecule has 0 saturated heterocycles. The second-order valence-corrected chi connectivity index (χ2v) is 7.72. The lowest BCUT2D eigenvalue weighted by Gasteiger charge is -2.10. The lowest BCUT2D eigenvalue weighted by molar-refractivity contribution is -0.297. The molecular formula is C21H23N4O2S-. The number of carbonyl (C=O) groups excluding carboxylic acids is 1. The SMILES string of the molecule is CCCc1nc(S/C(=C\c2cc(C)n(-c3ccc(C)cc3)c2C)C(=O)[O-])n[nH]1. The van der Waals surface area contributed by atoms with Gasteiger partial charge >= 0.3 is 0 Å². The number of aryl methyl sites for hydroxylation is 3. The van der Waals surface area contributed by atoms with Crippen molar-refractivity contribution in [3.05, 3.63) is 63.6 Å². The molecule has 0 amide bonds. The number of carbonyl (C=O) groups is 1. The van der Waals surface area contributed by atoms with Crippen LogP contribution in [0.5, 0.6) is 0 Å². The average molecular weight is 396 g/mol. The number of H-pyrrole nitrogens is 1. The Kier molecular flexibility index (Phi) is 6.04. The maximum absolute atomic E-state index is 11.7. The van der Waals surface area contributed by atoms with Crippen LogP contribution < -0.4 is 5.11 Å². The Bertz CT molecular complexity index is 1020. The summed E-state index contributed by atoms with van der Waals surface area (Å²) in [5.74, 6) is -0.493. The molecule has 0 aliphatic rings. The molecule has 0 atom stereocenters. The maximum Gasteiger partial charge on any atom is 0.213 e. The fraction of sp³-hybridized carbons (Fsp3) is 0.286. The van der Waals surface area contributed by atoms with E-state index < -0.39 is 5.97 Å². The fourth-order valence-electron chi connectivity index (χ4n) is 3.07. The van der Waals surface area contributed by atoms with Gasteiger partial charge in [-0.2, -0.15) is 0 Å². The minimum Gasteiger partial charge on any atom is -0.544 e. The molecule has 0 unspecified atom stereocenters. The van der Waals surface area contributed by atoms with E-state index in [1.54, 1.807) is 6.08 Å². The van der Waals surface area contributed by atoms with Gasteiger partial charge in [-0.1, -0.05) is 24.6 Å². The molecule has 0 saturated carbocycles. The molecule has 0 fully saturated rings. The highest BCUT2D eigenvalue weighted by molar-refractivity contribution is 8.04. The molecule has 0 bridgehead atoms. The van der Waals surface area contributed by atoms with Gasteiger partial charge in [-0.05, 0) is 68.8 Å². The van der Waals surface area contributed by atoms with Crippen molar-refractivity contribution < 1.29 is 9.90 Å². The van der Waals surface area contributed by atoms with E-state index in [1.165, 1.54) is 5.56 Å². The molecule has 1 N–H and O–H groups in total. The molecule has 0 aliphatic heterocycles. The summed E-state index contributed by atoms with van der Waals surface area (Å²) in [4.78, 5) is 16.1. The van der Waals surface area contributed by atoms with Crippen LogP contribution in [-0.4, -0.2) is 25.7 Å². The number of carboxylic acids is 1. The maximum atomic E-state index is 11.7. The van der Waals surface area contributed by atoms with Gasteiger partial charge in [0.2, 0.25) is 5.16 Å². The predicted octanol–water partition coefficient (Wildman–Crippen LogP) is 3.36. The highest BCUT2D eigenvalue weighted by Gasteiger charge is 2.13. The van der Waals surface area contributed by atoms with E-state index >= 15 is 0 Å². The standard InChI is InChI=1S/C21H24N4O2S/c1-5-6-19-22-21(24-23-19)28-18(20(26)27)12-16-11-14(3)25(15(16)4)17-9-7-13(2)8-10-17/h7-12H,5-6H2,1-4H3,(H,26,27)(H,22,23,24)/p-1/b18-12-. The van der Waals surface area contributed by atoms with Gasteiger partial charge in [-0.25, -0.2) is 4.98 Å². The number of nitrogens with zero attached hydrogens (tertiary/aromatic N) is 3. The van der Waals surface area contributed by atoms with Crippen molar-refractivity contribution >= 4 is 23.8 Å². The van der Waals surface area contributed by atoms with Gasteiger partial charge in [0.1, 0.15) is 5.82 Å². The van der Waals surface area contributed by atoms with E-state index in [2.05, 4.69) is 44.0 Å². The monoisotopic (exact) mass is 395 g/mol. The van der Waals surface area contributed by atoms with E-state index in [1.807, 2.05) is 33.8 Å². The Morgan fingerprint density at radius 1 is 1.25 bits per heavy atom. The summed E-state index contributed by atoms with van der Waals surface area (Å²) in [5.41, 5.74) is 5.05. The lowest BCUT2D eigenvalue weighted by atomic mass is 10.2. The summed E-state index contributed by atoms with van der Waals surface area (Å²) < 4.78 is 2.11. The van der Waals surface area contributed by atoms with E-state index in [9.17, 15) is 9.90 Å². The van der Waals surface area contributed by atoms with Gasteiger partial charge < -0.3 is 14.5 Å². The summed E-state index contributed by atoms with van der Waals surface area (Å²) in [5, 5.41) is 19.0. The van der Waals surface area contributed by atoms with Crippen LogP contribution in [0.3, 0.4) is 0 Å². The third kappa shape index (κ3) is 4.36. The number of thioether (sulfide) groups is 1. The third-order valence-corrected chi connectivity index (χ3v) is 5.32. The summed E-state index contributed by atoms with van der Waals surface area (Å²) in [6, 6.07) is 10.2. The van der Waals surface area contributed by atoms with Crippen molar-refractivity contribution in [2.24, 2.45) is 0 Å². The van der Waals surface area contributed by atoms with Crippen LogP contribution in [-0.2, 0) is 11.2 Å². The molecule has 3 aromatic rings. The zero-order valence-corrected chi connectivity index (χ0v) is 17.3. The molecule has 146 valence electrons. The quantitative estimate of drug-likeness (QED) is 0.490. The van der Waals surface area contributed by atoms with Crippen LogP contribution in [0.4, 0.5) is 0 Å². The zero-order chi connectivity index (χ0) is 20.3. The van der Waals surface area contributed by atoms with Crippen molar-refractivity contribution in [3.8, 4) is 5.69 Å². The Labute approximate surface area is 168 Å². The Morgan fingerprint density at radius 3 is 2.61 bits per heavy atom. The second-order valence-electron chi connectivity index (χ2n) is 6.71. The van der Waals surface area contributed by atoms with Crippen molar-refractivity contribution in [1.29, 1.82) is 0 Å². The predicted molar refractivity (Wildman–Crippen MR) is 109 cm³/mol. The lowest BCUT2D eigenvalue weighted by Crippen LogP contribution is -2.23. The molecule has 0 aliphatic carbocycles. The Morgan fingerprint density at radius 2 is 1.96 bits per heavy atom. The molecule has 1 aromatic carbocycles. The number of hydrogen-bond donors (Lipinski definition) is 1. The molecule has 0 radical (unpaired) electrons. The molecule has 0 spiro atoms. The first-order valence-electron chi connectivity index (χ1n) is 9.17. The van der Waals surface area contributed by atoms with Gasteiger partial charge in [0, 0.05) is 28.4 Å². The highest BCUT2D eigenvalue weighted by Crippen LogP contribution is 2.28. The molecule has 3 rings (SSSR count). The van der Waals surface area contributed by atoms with Crippen molar-refractivity contribution in [3.63, 3.8) is 0 Å². The minimum atomic E-state index is -1.24. The molecule has 7 heteroatoms. The Hall–Kier alpha value is -2.80. The number of aliphatic carboxylic acids is 1. The summed E-state index contributed by atoms with van der Waals surface area (Å²) >= 11 is 0.996. The van der Waals surface area contributed by atoms with Gasteiger partial charge in [-0.3, -0.25) is 5.10 Å². The number of carboxylic acid groups (broad SMARTS) is 1. The summed E-state index contributed by atoms with van der Waals surface area (Å²) in [6.45, 7) is 8.07. The van der Waals surface area contributed by atoms with Crippen molar-refractivity contribution in [1.82, 2.24) is 19.7 Å². The number of aromatic amines is 1. The van der Waals surface area contributed by atoms with Crippen LogP contribution >= 0.6 is 11.8 Å². The van der Waals surface area contributed by atoms with E-state index in [4.69, 9.17) is 0 Å². The number of aromatic nitrogens is 4. The van der Waals surface area contributed by atoms with Crippen LogP contribution in [0.15, 0.2) is 40.4 Å². The normalized spacial score (nSPS) is 11.8.